The van der Waals surface area contributed by atoms with Crippen LogP contribution in [0.3, 0.4) is 0 Å². The molecule has 7 heteroatoms. The maximum absolute atomic E-state index is 12.6. The minimum absolute atomic E-state index is 0.210. The smallest absolute Gasteiger partial charge is 0.389 e. The monoisotopic (exact) mass is 273 g/mol. The molecule has 0 heterocycles. The summed E-state index contributed by atoms with van der Waals surface area (Å²) >= 11 is 0. The van der Waals surface area contributed by atoms with Gasteiger partial charge in [0, 0.05) is 5.56 Å². The van der Waals surface area contributed by atoms with Gasteiger partial charge < -0.3 is 10.2 Å². The molecule has 0 aliphatic rings. The molecule has 0 saturated heterocycles. The molecule has 1 aromatic carbocycles. The second-order valence-electron chi connectivity index (χ2n) is 3.88. The number of alkyl halides is 3. The van der Waals surface area contributed by atoms with E-state index in [1.54, 1.807) is 6.07 Å². The van der Waals surface area contributed by atoms with E-state index < -0.39 is 30.4 Å². The highest BCUT2D eigenvalue weighted by molar-refractivity contribution is 5.75. The summed E-state index contributed by atoms with van der Waals surface area (Å²) < 4.78 is 37.8. The zero-order valence-electron chi connectivity index (χ0n) is 9.55. The van der Waals surface area contributed by atoms with Crippen molar-refractivity contribution in [1.29, 1.82) is 5.26 Å². The van der Waals surface area contributed by atoms with Crippen LogP contribution in [0.2, 0.25) is 0 Å². The number of carbonyl (C=O) groups excluding carboxylic acids is 1. The Balaban J connectivity index is 3.21. The van der Waals surface area contributed by atoms with Crippen LogP contribution >= 0.6 is 0 Å². The topological polar surface area (TPSA) is 81.3 Å². The molecule has 1 rings (SSSR count). The lowest BCUT2D eigenvalue weighted by Gasteiger charge is -2.17. The molecule has 2 unspecified atom stereocenters. The number of aliphatic hydroxyl groups is 2. The maximum atomic E-state index is 12.6. The van der Waals surface area contributed by atoms with E-state index in [0.717, 1.165) is 6.07 Å². The van der Waals surface area contributed by atoms with Crippen LogP contribution in [0.4, 0.5) is 13.2 Å². The number of hydrogen-bond acceptors (Lipinski definition) is 4. The Morgan fingerprint density at radius 3 is 2.42 bits per heavy atom. The van der Waals surface area contributed by atoms with Crippen molar-refractivity contribution in [3.05, 3.63) is 34.9 Å². The first-order chi connectivity index (χ1) is 8.79. The fourth-order valence-electron chi connectivity index (χ4n) is 1.51. The fraction of sp³-hybridized carbons (Fsp3) is 0.333. The Kier molecular flexibility index (Phi) is 4.64. The molecule has 0 amide bonds. The van der Waals surface area contributed by atoms with Gasteiger partial charge in [0.1, 0.15) is 12.4 Å². The number of aldehydes is 1. The van der Waals surface area contributed by atoms with Crippen molar-refractivity contribution < 1.29 is 28.2 Å². The SMILES string of the molecule is N#CCC(O)C(O)c1cc(C=O)cc(C(F)(F)F)c1. The second-order valence-corrected chi connectivity index (χ2v) is 3.88. The van der Waals surface area contributed by atoms with Gasteiger partial charge in [-0.2, -0.15) is 18.4 Å². The number of rotatable bonds is 4. The van der Waals surface area contributed by atoms with E-state index in [4.69, 9.17) is 5.26 Å². The van der Waals surface area contributed by atoms with Crippen molar-refractivity contribution in [3.8, 4) is 6.07 Å². The van der Waals surface area contributed by atoms with Crippen molar-refractivity contribution in [2.24, 2.45) is 0 Å². The van der Waals surface area contributed by atoms with Gasteiger partial charge in [-0.25, -0.2) is 0 Å². The molecule has 0 bridgehead atoms. The van der Waals surface area contributed by atoms with Gasteiger partial charge >= 0.3 is 6.18 Å². The lowest BCUT2D eigenvalue weighted by atomic mass is 9.98. The standard InChI is InChI=1S/C12H10F3NO3/c13-12(14,15)9-4-7(6-17)3-8(5-9)11(19)10(18)1-2-16/h3-6,10-11,18-19H,1H2. The van der Waals surface area contributed by atoms with E-state index in [0.29, 0.717) is 12.1 Å². The quantitative estimate of drug-likeness (QED) is 0.820. The molecular weight excluding hydrogens is 263 g/mol. The van der Waals surface area contributed by atoms with E-state index in [1.165, 1.54) is 0 Å². The van der Waals surface area contributed by atoms with Crippen molar-refractivity contribution in [2.75, 3.05) is 0 Å². The van der Waals surface area contributed by atoms with Crippen LogP contribution in [0.1, 0.15) is 34.0 Å². The molecule has 2 N–H and O–H groups in total. The number of nitrogens with zero attached hydrogens (tertiary/aromatic N) is 1. The van der Waals surface area contributed by atoms with Crippen LogP contribution in [-0.2, 0) is 6.18 Å². The molecule has 0 saturated carbocycles. The highest BCUT2D eigenvalue weighted by Crippen LogP contribution is 2.32. The molecular formula is C12H10F3NO3. The molecule has 102 valence electrons. The summed E-state index contributed by atoms with van der Waals surface area (Å²) in [5, 5.41) is 27.4. The van der Waals surface area contributed by atoms with E-state index in [2.05, 4.69) is 0 Å². The Morgan fingerprint density at radius 2 is 1.95 bits per heavy atom. The normalized spacial score (nSPS) is 14.5. The predicted octanol–water partition coefficient (Wildman–Crippen LogP) is 1.83. The third kappa shape index (κ3) is 3.77. The molecule has 0 aromatic heterocycles. The van der Waals surface area contributed by atoms with Crippen LogP contribution in [0.5, 0.6) is 0 Å². The van der Waals surface area contributed by atoms with Crippen LogP contribution < -0.4 is 0 Å². The predicted molar refractivity (Wildman–Crippen MR) is 58.0 cm³/mol. The summed E-state index contributed by atoms with van der Waals surface area (Å²) in [5.41, 5.74) is -1.64. The maximum Gasteiger partial charge on any atom is 0.416 e. The average molecular weight is 273 g/mol. The van der Waals surface area contributed by atoms with Gasteiger partial charge in [-0.15, -0.1) is 0 Å². The zero-order valence-corrected chi connectivity index (χ0v) is 9.55. The number of halogens is 3. The van der Waals surface area contributed by atoms with Crippen molar-refractivity contribution in [3.63, 3.8) is 0 Å². The van der Waals surface area contributed by atoms with Crippen molar-refractivity contribution >= 4 is 6.29 Å². The van der Waals surface area contributed by atoms with Crippen LogP contribution in [-0.4, -0.2) is 22.6 Å². The van der Waals surface area contributed by atoms with Crippen LogP contribution in [0.25, 0.3) is 0 Å². The molecule has 4 nitrogen and oxygen atoms in total. The van der Waals surface area contributed by atoms with Gasteiger partial charge in [-0.3, -0.25) is 4.79 Å². The molecule has 0 aliphatic carbocycles. The van der Waals surface area contributed by atoms with Crippen LogP contribution in [0, 0.1) is 11.3 Å². The summed E-state index contributed by atoms with van der Waals surface area (Å²) in [6.45, 7) is 0. The lowest BCUT2D eigenvalue weighted by Crippen LogP contribution is -2.18. The van der Waals surface area contributed by atoms with Gasteiger partial charge in [-0.1, -0.05) is 0 Å². The summed E-state index contributed by atoms with van der Waals surface area (Å²) in [6, 6.07) is 3.90. The van der Waals surface area contributed by atoms with Gasteiger partial charge in [0.2, 0.25) is 0 Å². The molecule has 19 heavy (non-hydrogen) atoms. The zero-order chi connectivity index (χ0) is 14.6. The fourth-order valence-corrected chi connectivity index (χ4v) is 1.51. The highest BCUT2D eigenvalue weighted by atomic mass is 19.4. The van der Waals surface area contributed by atoms with Gasteiger partial charge in [-0.05, 0) is 23.8 Å². The Morgan fingerprint density at radius 1 is 1.32 bits per heavy atom. The van der Waals surface area contributed by atoms with Gasteiger partial charge in [0.15, 0.2) is 0 Å². The molecule has 0 fully saturated rings. The van der Waals surface area contributed by atoms with E-state index in [-0.39, 0.29) is 17.4 Å². The van der Waals surface area contributed by atoms with Gasteiger partial charge in [0.25, 0.3) is 0 Å². The first-order valence-corrected chi connectivity index (χ1v) is 5.20. The first kappa shape index (κ1) is 15.1. The minimum Gasteiger partial charge on any atom is -0.389 e. The molecule has 0 spiro atoms. The number of carbonyl (C=O) groups is 1. The van der Waals surface area contributed by atoms with E-state index >= 15 is 0 Å². The van der Waals surface area contributed by atoms with Crippen molar-refractivity contribution in [2.45, 2.75) is 24.8 Å². The summed E-state index contributed by atoms with van der Waals surface area (Å²) in [7, 11) is 0. The Bertz CT molecular complexity index is 508. The first-order valence-electron chi connectivity index (χ1n) is 5.20. The highest BCUT2D eigenvalue weighted by Gasteiger charge is 2.32. The number of nitriles is 1. The number of aliphatic hydroxyl groups excluding tert-OH is 2. The summed E-state index contributed by atoms with van der Waals surface area (Å²) in [5.74, 6) is 0. The number of benzene rings is 1. The van der Waals surface area contributed by atoms with E-state index in [9.17, 15) is 28.2 Å². The van der Waals surface area contributed by atoms with Crippen LogP contribution in [0.15, 0.2) is 18.2 Å². The lowest BCUT2D eigenvalue weighted by molar-refractivity contribution is -0.137. The molecule has 1 aromatic rings. The molecule has 0 radical (unpaired) electrons. The third-order valence-electron chi connectivity index (χ3n) is 2.45. The summed E-state index contributed by atoms with van der Waals surface area (Å²) in [4.78, 5) is 10.6. The Labute approximate surface area is 106 Å². The number of hydrogen-bond donors (Lipinski definition) is 2. The third-order valence-corrected chi connectivity index (χ3v) is 2.45. The largest absolute Gasteiger partial charge is 0.416 e. The Hall–Kier alpha value is -1.91. The minimum atomic E-state index is -4.67. The van der Waals surface area contributed by atoms with E-state index in [1.807, 2.05) is 0 Å². The average Bonchev–Trinajstić information content (AvgIpc) is 2.36. The van der Waals surface area contributed by atoms with Crippen molar-refractivity contribution in [1.82, 2.24) is 0 Å². The summed E-state index contributed by atoms with van der Waals surface area (Å²) in [6.07, 6.45) is -8.09. The molecule has 2 atom stereocenters. The second kappa shape index (κ2) is 5.82. The van der Waals surface area contributed by atoms with Gasteiger partial charge in [0.05, 0.1) is 24.2 Å². The molecule has 0 aliphatic heterocycles.